The number of aliphatic imine (C=N–C) groups is 1. The number of ether oxygens (including phenoxy) is 2. The molecule has 0 aliphatic carbocycles. The van der Waals surface area contributed by atoms with Crippen molar-refractivity contribution >= 4 is 29.0 Å². The second-order valence-electron chi connectivity index (χ2n) is 7.47. The molecule has 0 N–H and O–H groups in total. The van der Waals surface area contributed by atoms with Crippen molar-refractivity contribution in [2.45, 2.75) is 47.5 Å². The van der Waals surface area contributed by atoms with Crippen molar-refractivity contribution in [3.63, 3.8) is 0 Å². The molecule has 164 valence electrons. The largest absolute Gasteiger partial charge is 0.465 e. The summed E-state index contributed by atoms with van der Waals surface area (Å²) in [4.78, 5) is 36.2. The lowest BCUT2D eigenvalue weighted by molar-refractivity contribution is -0.146. The number of hydrogen-bond donors (Lipinski definition) is 0. The van der Waals surface area contributed by atoms with Gasteiger partial charge in [0.2, 0.25) is 0 Å². The van der Waals surface area contributed by atoms with E-state index in [1.807, 2.05) is 38.1 Å². The molecule has 31 heavy (non-hydrogen) atoms. The van der Waals surface area contributed by atoms with Crippen LogP contribution in [0, 0.1) is 19.8 Å². The maximum absolute atomic E-state index is 12.9. The Kier molecular flexibility index (Phi) is 7.05. The summed E-state index contributed by atoms with van der Waals surface area (Å²) in [6, 6.07) is 7.85. The molecular formula is C24H28N2O4S. The molecule has 1 aliphatic heterocycles. The van der Waals surface area contributed by atoms with Gasteiger partial charge in [-0.3, -0.25) is 9.79 Å². The number of nitrogens with zero attached hydrogens (tertiary/aromatic N) is 2. The van der Waals surface area contributed by atoms with Gasteiger partial charge in [0.15, 0.2) is 0 Å². The molecule has 1 aromatic carbocycles. The molecule has 0 saturated heterocycles. The number of carbonyl (C=O) groups excluding carboxylic acids is 2. The van der Waals surface area contributed by atoms with Gasteiger partial charge in [0.1, 0.15) is 10.9 Å². The van der Waals surface area contributed by atoms with E-state index in [9.17, 15) is 9.59 Å². The average Bonchev–Trinajstić information content (AvgIpc) is 3.06. The van der Waals surface area contributed by atoms with Crippen molar-refractivity contribution < 1.29 is 19.1 Å². The first-order valence-corrected chi connectivity index (χ1v) is 11.2. The van der Waals surface area contributed by atoms with E-state index in [0.29, 0.717) is 17.0 Å². The van der Waals surface area contributed by atoms with E-state index in [1.54, 1.807) is 39.0 Å². The minimum Gasteiger partial charge on any atom is -0.465 e. The smallest absolute Gasteiger partial charge is 0.336 e. The number of carbonyl (C=O) groups is 2. The minimum absolute atomic E-state index is 0.243. The molecule has 0 amide bonds. The predicted octanol–water partition coefficient (Wildman–Crippen LogP) is 5.00. The van der Waals surface area contributed by atoms with E-state index in [4.69, 9.17) is 9.47 Å². The lowest BCUT2D eigenvalue weighted by atomic mass is 9.75. The second-order valence-corrected chi connectivity index (χ2v) is 8.67. The number of aromatic nitrogens is 1. The molecule has 0 bridgehead atoms. The molecule has 2 atom stereocenters. The number of thiazole rings is 1. The van der Waals surface area contributed by atoms with E-state index < -0.39 is 23.8 Å². The van der Waals surface area contributed by atoms with Crippen LogP contribution in [0.5, 0.6) is 0 Å². The lowest BCUT2D eigenvalue weighted by Crippen LogP contribution is -2.36. The van der Waals surface area contributed by atoms with Crippen LogP contribution in [0.4, 0.5) is 0 Å². The fourth-order valence-electron chi connectivity index (χ4n) is 3.87. The molecule has 7 heteroatoms. The molecule has 0 saturated carbocycles. The summed E-state index contributed by atoms with van der Waals surface area (Å²) >= 11 is 1.62. The first-order valence-electron chi connectivity index (χ1n) is 10.4. The quantitative estimate of drug-likeness (QED) is 0.591. The van der Waals surface area contributed by atoms with Crippen molar-refractivity contribution in [2.75, 3.05) is 13.2 Å². The number of allylic oxidation sites excluding steroid dienone is 1. The van der Waals surface area contributed by atoms with Crippen LogP contribution in [0.1, 0.15) is 49.7 Å². The highest BCUT2D eigenvalue weighted by molar-refractivity contribution is 7.15. The molecule has 1 aliphatic rings. The van der Waals surface area contributed by atoms with Crippen LogP contribution in [0.25, 0.3) is 10.6 Å². The number of benzene rings is 1. The standard InChI is InChI=1S/C24H28N2O4S/c1-7-29-23(27)19-14(4)25-15(5)20(24(28)30-8-2)21(19)17-10-9-11-18(12-17)22-26-13(3)16(6)31-22/h9-12,19,21H,7-8H2,1-6H3. The maximum Gasteiger partial charge on any atom is 0.336 e. The SMILES string of the molecule is CCOC(=O)C1=C(C)N=C(C)C(C(=O)OCC)C1c1cccc(-c2nc(C)c(C)s2)c1. The third kappa shape index (κ3) is 4.61. The van der Waals surface area contributed by atoms with Gasteiger partial charge >= 0.3 is 11.9 Å². The first-order chi connectivity index (χ1) is 14.8. The zero-order valence-electron chi connectivity index (χ0n) is 18.8. The molecule has 6 nitrogen and oxygen atoms in total. The summed E-state index contributed by atoms with van der Waals surface area (Å²) in [6.07, 6.45) is 0. The van der Waals surface area contributed by atoms with Crippen LogP contribution in [-0.4, -0.2) is 35.8 Å². The van der Waals surface area contributed by atoms with Gasteiger partial charge in [-0.15, -0.1) is 11.3 Å². The summed E-state index contributed by atoms with van der Waals surface area (Å²) in [5, 5.41) is 0.907. The van der Waals surface area contributed by atoms with Gasteiger partial charge < -0.3 is 9.47 Å². The molecule has 0 fully saturated rings. The van der Waals surface area contributed by atoms with E-state index in [2.05, 4.69) is 9.98 Å². The van der Waals surface area contributed by atoms with Gasteiger partial charge in [0.05, 0.1) is 24.5 Å². The number of rotatable bonds is 6. The molecule has 1 aromatic heterocycles. The topological polar surface area (TPSA) is 77.8 Å². The van der Waals surface area contributed by atoms with Crippen molar-refractivity contribution in [1.29, 1.82) is 0 Å². The first kappa shape index (κ1) is 22.9. The third-order valence-electron chi connectivity index (χ3n) is 5.39. The van der Waals surface area contributed by atoms with Crippen LogP contribution >= 0.6 is 11.3 Å². The number of hydrogen-bond acceptors (Lipinski definition) is 7. The Balaban J connectivity index is 2.16. The van der Waals surface area contributed by atoms with Gasteiger partial charge in [-0.2, -0.15) is 0 Å². The van der Waals surface area contributed by atoms with Crippen LogP contribution in [0.3, 0.4) is 0 Å². The zero-order valence-corrected chi connectivity index (χ0v) is 19.6. The van der Waals surface area contributed by atoms with Gasteiger partial charge in [0, 0.05) is 27.8 Å². The summed E-state index contributed by atoms with van der Waals surface area (Å²) in [5.74, 6) is -2.09. The third-order valence-corrected chi connectivity index (χ3v) is 6.51. The van der Waals surface area contributed by atoms with Crippen molar-refractivity contribution in [3.05, 3.63) is 51.7 Å². The van der Waals surface area contributed by atoms with Crippen LogP contribution in [0.2, 0.25) is 0 Å². The summed E-state index contributed by atoms with van der Waals surface area (Å²) in [6.45, 7) is 11.6. The van der Waals surface area contributed by atoms with Gasteiger partial charge in [0.25, 0.3) is 0 Å². The highest BCUT2D eigenvalue weighted by Crippen LogP contribution is 2.41. The van der Waals surface area contributed by atoms with Gasteiger partial charge in [-0.25, -0.2) is 9.78 Å². The Labute approximate surface area is 187 Å². The Morgan fingerprint density at radius 2 is 1.77 bits per heavy atom. The van der Waals surface area contributed by atoms with E-state index in [1.165, 1.54) is 0 Å². The van der Waals surface area contributed by atoms with E-state index in [0.717, 1.165) is 26.7 Å². The fraction of sp³-hybridized carbons (Fsp3) is 0.417. The average molecular weight is 441 g/mol. The van der Waals surface area contributed by atoms with Crippen LogP contribution in [0.15, 0.2) is 40.5 Å². The zero-order chi connectivity index (χ0) is 22.7. The molecule has 2 aromatic rings. The van der Waals surface area contributed by atoms with Gasteiger partial charge in [-0.05, 0) is 53.2 Å². The van der Waals surface area contributed by atoms with Crippen molar-refractivity contribution in [2.24, 2.45) is 10.9 Å². The fourth-order valence-corrected chi connectivity index (χ4v) is 4.78. The predicted molar refractivity (Wildman–Crippen MR) is 122 cm³/mol. The monoisotopic (exact) mass is 440 g/mol. The normalized spacial score (nSPS) is 18.6. The summed E-state index contributed by atoms with van der Waals surface area (Å²) in [5.41, 5.74) is 4.36. The summed E-state index contributed by atoms with van der Waals surface area (Å²) in [7, 11) is 0. The van der Waals surface area contributed by atoms with Crippen LogP contribution in [-0.2, 0) is 19.1 Å². The Morgan fingerprint density at radius 1 is 1.06 bits per heavy atom. The molecule has 3 rings (SSSR count). The molecular weight excluding hydrogens is 412 g/mol. The minimum atomic E-state index is -0.696. The van der Waals surface area contributed by atoms with Crippen molar-refractivity contribution in [1.82, 2.24) is 4.98 Å². The number of esters is 2. The highest BCUT2D eigenvalue weighted by atomic mass is 32.1. The van der Waals surface area contributed by atoms with Crippen molar-refractivity contribution in [3.8, 4) is 10.6 Å². The lowest BCUT2D eigenvalue weighted by Gasteiger charge is -2.31. The Hall–Kier alpha value is -2.80. The Bertz CT molecular complexity index is 1050. The highest BCUT2D eigenvalue weighted by Gasteiger charge is 2.42. The van der Waals surface area contributed by atoms with Crippen LogP contribution < -0.4 is 0 Å². The van der Waals surface area contributed by atoms with E-state index >= 15 is 0 Å². The molecule has 0 spiro atoms. The summed E-state index contributed by atoms with van der Waals surface area (Å²) < 4.78 is 10.7. The molecule has 0 radical (unpaired) electrons. The molecule has 2 unspecified atom stereocenters. The maximum atomic E-state index is 12.9. The van der Waals surface area contributed by atoms with E-state index in [-0.39, 0.29) is 13.2 Å². The second kappa shape index (κ2) is 9.56. The Morgan fingerprint density at radius 3 is 2.39 bits per heavy atom. The molecule has 2 heterocycles. The van der Waals surface area contributed by atoms with Gasteiger partial charge in [-0.1, -0.05) is 18.2 Å². The number of aryl methyl sites for hydroxylation is 2.